The third-order valence-corrected chi connectivity index (χ3v) is 3.64. The Morgan fingerprint density at radius 2 is 2.14 bits per heavy atom. The van der Waals surface area contributed by atoms with Crippen molar-refractivity contribution in [2.45, 2.75) is 6.54 Å². The fourth-order valence-electron chi connectivity index (χ4n) is 1.95. The number of halogens is 1. The van der Waals surface area contributed by atoms with Gasteiger partial charge in [0.1, 0.15) is 0 Å². The molecular formula is C13H10BrN5O2. The molecule has 0 spiro atoms. The van der Waals surface area contributed by atoms with Gasteiger partial charge in [-0.05, 0) is 34.1 Å². The van der Waals surface area contributed by atoms with Gasteiger partial charge in [-0.1, -0.05) is 6.07 Å². The van der Waals surface area contributed by atoms with E-state index >= 15 is 0 Å². The molecule has 1 N–H and O–H groups in total. The summed E-state index contributed by atoms with van der Waals surface area (Å²) in [6.45, 7) is 0.460. The van der Waals surface area contributed by atoms with Gasteiger partial charge in [0.2, 0.25) is 0 Å². The summed E-state index contributed by atoms with van der Waals surface area (Å²) in [7, 11) is 0. The number of nitro groups is 1. The molecule has 3 rings (SSSR count). The molecule has 0 aliphatic heterocycles. The van der Waals surface area contributed by atoms with Gasteiger partial charge in [0.05, 0.1) is 11.5 Å². The number of non-ortho nitro benzene ring substituents is 1. The van der Waals surface area contributed by atoms with Crippen molar-refractivity contribution in [2.24, 2.45) is 0 Å². The monoisotopic (exact) mass is 347 g/mol. The molecule has 0 saturated carbocycles. The highest BCUT2D eigenvalue weighted by molar-refractivity contribution is 9.10. The molecule has 0 aliphatic carbocycles. The zero-order chi connectivity index (χ0) is 14.8. The van der Waals surface area contributed by atoms with E-state index in [4.69, 9.17) is 0 Å². The van der Waals surface area contributed by atoms with E-state index in [9.17, 15) is 10.1 Å². The van der Waals surface area contributed by atoms with Crippen LogP contribution in [0.5, 0.6) is 0 Å². The summed E-state index contributed by atoms with van der Waals surface area (Å²) in [6.07, 6.45) is 1.89. The average Bonchev–Trinajstić information content (AvgIpc) is 2.89. The van der Waals surface area contributed by atoms with Crippen molar-refractivity contribution >= 4 is 33.0 Å². The van der Waals surface area contributed by atoms with Gasteiger partial charge in [0.15, 0.2) is 11.5 Å². The number of aromatic nitrogens is 3. The lowest BCUT2D eigenvalue weighted by atomic mass is 10.3. The first kappa shape index (κ1) is 13.5. The van der Waals surface area contributed by atoms with E-state index in [1.54, 1.807) is 6.07 Å². The lowest BCUT2D eigenvalue weighted by Crippen LogP contribution is -2.04. The van der Waals surface area contributed by atoms with Gasteiger partial charge < -0.3 is 5.32 Å². The fourth-order valence-corrected chi connectivity index (χ4v) is 2.45. The Labute approximate surface area is 127 Å². The standard InChI is InChI=1S/C13H10BrN5O2/c14-10-7-9(19(20)21)4-5-11(10)15-8-13-17-16-12-3-1-2-6-18(12)13/h1-7,15H,8H2. The summed E-state index contributed by atoms with van der Waals surface area (Å²) in [5.74, 6) is 0.760. The Kier molecular flexibility index (Phi) is 3.53. The maximum Gasteiger partial charge on any atom is 0.270 e. The normalized spacial score (nSPS) is 10.7. The first-order chi connectivity index (χ1) is 10.1. The van der Waals surface area contributed by atoms with E-state index in [1.165, 1.54) is 12.1 Å². The van der Waals surface area contributed by atoms with Crippen LogP contribution in [0, 0.1) is 10.1 Å². The van der Waals surface area contributed by atoms with Crippen molar-refractivity contribution in [3.05, 3.63) is 63.0 Å². The summed E-state index contributed by atoms with van der Waals surface area (Å²) < 4.78 is 2.51. The van der Waals surface area contributed by atoms with E-state index in [0.717, 1.165) is 17.2 Å². The quantitative estimate of drug-likeness (QED) is 0.579. The van der Waals surface area contributed by atoms with Crippen LogP contribution in [0.1, 0.15) is 5.82 Å². The molecule has 1 aromatic carbocycles. The van der Waals surface area contributed by atoms with Gasteiger partial charge >= 0.3 is 0 Å². The Morgan fingerprint density at radius 1 is 1.29 bits per heavy atom. The fraction of sp³-hybridized carbons (Fsp3) is 0.0769. The zero-order valence-corrected chi connectivity index (χ0v) is 12.3. The number of hydrogen-bond donors (Lipinski definition) is 1. The number of rotatable bonds is 4. The highest BCUT2D eigenvalue weighted by Gasteiger charge is 2.10. The molecule has 7 nitrogen and oxygen atoms in total. The summed E-state index contributed by atoms with van der Waals surface area (Å²) in [4.78, 5) is 10.3. The van der Waals surface area contributed by atoms with Gasteiger partial charge in [0.25, 0.3) is 5.69 Å². The van der Waals surface area contributed by atoms with E-state index in [0.29, 0.717) is 11.0 Å². The zero-order valence-electron chi connectivity index (χ0n) is 10.7. The molecule has 0 radical (unpaired) electrons. The van der Waals surface area contributed by atoms with Crippen molar-refractivity contribution in [1.82, 2.24) is 14.6 Å². The van der Waals surface area contributed by atoms with Crippen LogP contribution in [0.3, 0.4) is 0 Å². The second-order valence-electron chi connectivity index (χ2n) is 4.32. The molecule has 0 saturated heterocycles. The summed E-state index contributed by atoms with van der Waals surface area (Å²) in [5.41, 5.74) is 1.57. The highest BCUT2D eigenvalue weighted by atomic mass is 79.9. The molecule has 0 atom stereocenters. The van der Waals surface area contributed by atoms with Crippen molar-refractivity contribution in [3.63, 3.8) is 0 Å². The minimum absolute atomic E-state index is 0.0420. The molecule has 2 aromatic heterocycles. The molecule has 106 valence electrons. The van der Waals surface area contributed by atoms with Gasteiger partial charge in [-0.25, -0.2) is 0 Å². The van der Waals surface area contributed by atoms with Crippen LogP contribution >= 0.6 is 15.9 Å². The molecule has 0 bridgehead atoms. The number of nitro benzene ring substituents is 1. The molecule has 0 aliphatic rings. The molecular weight excluding hydrogens is 338 g/mol. The Morgan fingerprint density at radius 3 is 2.90 bits per heavy atom. The van der Waals surface area contributed by atoms with E-state index < -0.39 is 4.92 Å². The van der Waals surface area contributed by atoms with Gasteiger partial charge in [-0.15, -0.1) is 10.2 Å². The summed E-state index contributed by atoms with van der Waals surface area (Å²) in [6, 6.07) is 10.2. The Bertz CT molecular complexity index is 817. The number of hydrogen-bond acceptors (Lipinski definition) is 5. The lowest BCUT2D eigenvalue weighted by Gasteiger charge is -2.07. The van der Waals surface area contributed by atoms with Crippen LogP contribution in [0.4, 0.5) is 11.4 Å². The van der Waals surface area contributed by atoms with E-state index in [2.05, 4.69) is 31.4 Å². The summed E-state index contributed by atoms with van der Waals surface area (Å²) >= 11 is 3.32. The maximum absolute atomic E-state index is 10.7. The minimum atomic E-state index is -0.430. The van der Waals surface area contributed by atoms with Gasteiger partial charge in [-0.2, -0.15) is 0 Å². The Balaban J connectivity index is 1.80. The second kappa shape index (κ2) is 5.49. The summed E-state index contributed by atoms with van der Waals surface area (Å²) in [5, 5.41) is 22.1. The van der Waals surface area contributed by atoms with Crippen molar-refractivity contribution in [1.29, 1.82) is 0 Å². The van der Waals surface area contributed by atoms with Crippen LogP contribution < -0.4 is 5.32 Å². The van der Waals surface area contributed by atoms with Crippen LogP contribution in [0.15, 0.2) is 47.1 Å². The smallest absolute Gasteiger partial charge is 0.270 e. The second-order valence-corrected chi connectivity index (χ2v) is 5.17. The Hall–Kier alpha value is -2.48. The number of fused-ring (bicyclic) bond motifs is 1. The van der Waals surface area contributed by atoms with Gasteiger partial charge in [-0.3, -0.25) is 14.5 Å². The first-order valence-electron chi connectivity index (χ1n) is 6.11. The van der Waals surface area contributed by atoms with Crippen LogP contribution in [-0.2, 0) is 6.54 Å². The van der Waals surface area contributed by atoms with Crippen molar-refractivity contribution in [3.8, 4) is 0 Å². The number of nitrogens with one attached hydrogen (secondary N) is 1. The van der Waals surface area contributed by atoms with Crippen LogP contribution in [0.2, 0.25) is 0 Å². The predicted octanol–water partition coefficient (Wildman–Crippen LogP) is 3.01. The molecule has 0 amide bonds. The SMILES string of the molecule is O=[N+]([O-])c1ccc(NCc2nnc3ccccn23)c(Br)c1. The van der Waals surface area contributed by atoms with Gasteiger partial charge in [0, 0.05) is 28.5 Å². The van der Waals surface area contributed by atoms with Crippen LogP contribution in [-0.4, -0.2) is 19.5 Å². The van der Waals surface area contributed by atoms with E-state index in [-0.39, 0.29) is 5.69 Å². The number of benzene rings is 1. The first-order valence-corrected chi connectivity index (χ1v) is 6.91. The molecule has 2 heterocycles. The molecule has 0 unspecified atom stereocenters. The average molecular weight is 348 g/mol. The maximum atomic E-state index is 10.7. The largest absolute Gasteiger partial charge is 0.377 e. The topological polar surface area (TPSA) is 85.4 Å². The van der Waals surface area contributed by atoms with Crippen molar-refractivity contribution < 1.29 is 4.92 Å². The number of pyridine rings is 1. The minimum Gasteiger partial charge on any atom is -0.377 e. The molecule has 3 aromatic rings. The number of anilines is 1. The van der Waals surface area contributed by atoms with Crippen molar-refractivity contribution in [2.75, 3.05) is 5.32 Å². The molecule has 21 heavy (non-hydrogen) atoms. The van der Waals surface area contributed by atoms with E-state index in [1.807, 2.05) is 28.8 Å². The third kappa shape index (κ3) is 2.70. The predicted molar refractivity (Wildman–Crippen MR) is 81.1 cm³/mol. The molecule has 8 heteroatoms. The highest BCUT2D eigenvalue weighted by Crippen LogP contribution is 2.27. The number of nitrogens with zero attached hydrogens (tertiary/aromatic N) is 4. The third-order valence-electron chi connectivity index (χ3n) is 2.98. The lowest BCUT2D eigenvalue weighted by molar-refractivity contribution is -0.384. The molecule has 0 fully saturated rings. The van der Waals surface area contributed by atoms with Crippen LogP contribution in [0.25, 0.3) is 5.65 Å².